The summed E-state index contributed by atoms with van der Waals surface area (Å²) < 4.78 is 8.33. The predicted molar refractivity (Wildman–Crippen MR) is 551 cm³/mol. The van der Waals surface area contributed by atoms with Crippen LogP contribution >= 0.6 is 0 Å². The van der Waals surface area contributed by atoms with Gasteiger partial charge in [-0.3, -0.25) is 0 Å². The molecule has 0 N–H and O–H groups in total. The molecule has 0 aromatic heterocycles. The molecule has 0 unspecified atom stereocenters. The lowest BCUT2D eigenvalue weighted by Crippen LogP contribution is -2.67. The van der Waals surface area contributed by atoms with Gasteiger partial charge in [0.15, 0.2) is 0 Å². The summed E-state index contributed by atoms with van der Waals surface area (Å²) in [5.74, 6) is 1.66. The highest BCUT2D eigenvalue weighted by Crippen LogP contribution is 2.58. The van der Waals surface area contributed by atoms with Crippen LogP contribution in [0.4, 0.5) is 119 Å². The molecule has 8 nitrogen and oxygen atoms in total. The molecule has 6 aliphatic heterocycles. The molecule has 0 bridgehead atoms. The van der Waals surface area contributed by atoms with Crippen molar-refractivity contribution in [1.29, 1.82) is 0 Å². The monoisotopic (exact) mass is 1670 g/mol. The zero-order valence-electron chi connectivity index (χ0n) is 71.5. The summed E-state index contributed by atoms with van der Waals surface area (Å²) in [5.41, 5.74) is 41.2. The molecule has 0 fully saturated rings. The van der Waals surface area contributed by atoms with Crippen LogP contribution < -0.4 is 88.2 Å². The van der Waals surface area contributed by atoms with Crippen LogP contribution in [-0.4, -0.2) is 20.1 Å². The lowest BCUT2D eigenvalue weighted by Gasteiger charge is -2.49. The maximum atomic E-state index is 8.33. The number of fused-ring (bicyclic) bond motifs is 13. The quantitative estimate of drug-likeness (QED) is 0.0939. The molecule has 0 aliphatic carbocycles. The number of benzene rings is 20. The first-order chi connectivity index (χ1) is 65.1. The Hall–Kier alpha value is -17.0. The van der Waals surface area contributed by atoms with E-state index in [-0.39, 0.29) is 13.4 Å². The molecule has 20 aromatic carbocycles. The Labute approximate surface area is 763 Å². The second-order valence-electron chi connectivity index (χ2n) is 34.5. The molecule has 0 spiro atoms. The molecule has 610 valence electrons. The highest BCUT2D eigenvalue weighted by atomic mass is 16.5. The van der Waals surface area contributed by atoms with Crippen LogP contribution in [-0.2, 0) is 0 Å². The number of ether oxygens (including phenoxy) is 1. The maximum Gasteiger partial charge on any atom is 0.256 e. The summed E-state index contributed by atoms with van der Waals surface area (Å²) in [6, 6.07) is 180. The highest BCUT2D eigenvalue weighted by molar-refractivity contribution is 7.05. The van der Waals surface area contributed by atoms with Gasteiger partial charge in [0, 0.05) is 113 Å². The molecular formula is C120H80B3N7O. The maximum absolute atomic E-state index is 8.33. The molecule has 0 saturated carbocycles. The highest BCUT2D eigenvalue weighted by Gasteiger charge is 2.54. The first-order valence-electron chi connectivity index (χ1n) is 45.2. The van der Waals surface area contributed by atoms with E-state index < -0.39 is 6.71 Å². The SMILES string of the molecule is c1ccc(-c2ccccc2N(c2ccccc2)c2cc3c4c(c2)N(c2ccccc2-c2ccccc2)c2ccccc2B4c2cc4c(cc2N3c2ccccc2)N(c2ccccc2)c2cc3c(c5c2B4c2ccccc2O5)B2c4ccccc4N(c4ccccc4)c4cc(N(c5ccccc5)c5ccccc5)cc(c42)N3c2c(-c3ccccc3)cccc2-c2ccccc2)cc1. The normalized spacial score (nSPS) is 13.0. The Kier molecular flexibility index (Phi) is 17.8. The van der Waals surface area contributed by atoms with Crippen molar-refractivity contribution < 1.29 is 4.74 Å². The second kappa shape index (κ2) is 30.9. The number of hydrogen-bond donors (Lipinski definition) is 0. The third-order valence-corrected chi connectivity index (χ3v) is 27.3. The van der Waals surface area contributed by atoms with Crippen LogP contribution in [0.2, 0.25) is 0 Å². The van der Waals surface area contributed by atoms with Crippen molar-refractivity contribution in [2.24, 2.45) is 0 Å². The summed E-state index contributed by atoms with van der Waals surface area (Å²) >= 11 is 0. The molecule has 6 heterocycles. The number of anilines is 21. The minimum Gasteiger partial charge on any atom is -0.459 e. The summed E-state index contributed by atoms with van der Waals surface area (Å²) in [5, 5.41) is 0. The number of hydrogen-bond acceptors (Lipinski definition) is 8. The van der Waals surface area contributed by atoms with Gasteiger partial charge in [-0.1, -0.05) is 346 Å². The van der Waals surface area contributed by atoms with Crippen molar-refractivity contribution in [1.82, 2.24) is 0 Å². The van der Waals surface area contributed by atoms with Crippen molar-refractivity contribution in [3.05, 3.63) is 485 Å². The minimum atomic E-state index is -0.402. The Morgan fingerprint density at radius 3 is 1.02 bits per heavy atom. The van der Waals surface area contributed by atoms with E-state index >= 15 is 0 Å². The van der Waals surface area contributed by atoms with E-state index in [0.29, 0.717) is 0 Å². The van der Waals surface area contributed by atoms with E-state index in [0.717, 1.165) is 197 Å². The van der Waals surface area contributed by atoms with Crippen molar-refractivity contribution in [2.45, 2.75) is 0 Å². The fourth-order valence-electron chi connectivity index (χ4n) is 22.0. The molecule has 0 radical (unpaired) electrons. The summed E-state index contributed by atoms with van der Waals surface area (Å²) in [7, 11) is 0. The number of rotatable bonds is 15. The standard InChI is InChI=1S/C120H80B3N7O/c1-11-42-81(43-12-1)93-62-31-36-69-102(93)125(87-54-23-7-24-55-87)92-76-108-115-110(77-92)129(103-70-37-32-63-94(103)82-44-13-2-14-45-82)105-72-39-33-66-97(105)121(115)100-78-101-107(79-106(100)127(108)89-58-27-9-28-59-89)128(90-60-29-10-30-61-90)112-80-113-118(120-117(112)122(101)99-68-35-40-73-114(99)131-120)123-98-67-34-38-71-104(98)126(88-56-25-8-26-57-88)109-74-91(124(85-50-19-5-20-51-85)86-52-21-6-22-53-86)75-111(116(109)123)130(113)119-95(83-46-15-3-16-47-83)64-41-65-96(119)84-48-17-4-18-49-84/h1-80H. The zero-order valence-corrected chi connectivity index (χ0v) is 71.5. The third kappa shape index (κ3) is 12.0. The molecule has 131 heavy (non-hydrogen) atoms. The van der Waals surface area contributed by atoms with Gasteiger partial charge in [0.25, 0.3) is 20.1 Å². The summed E-state index contributed by atoms with van der Waals surface area (Å²) in [6.45, 7) is -1.08. The van der Waals surface area contributed by atoms with E-state index in [1.807, 2.05) is 0 Å². The average molecular weight is 1670 g/mol. The minimum absolute atomic E-state index is 0.306. The first kappa shape index (κ1) is 75.3. The van der Waals surface area contributed by atoms with Gasteiger partial charge >= 0.3 is 0 Å². The zero-order chi connectivity index (χ0) is 86.1. The van der Waals surface area contributed by atoms with E-state index in [2.05, 4.69) is 520 Å². The Bertz CT molecular complexity index is 7770. The van der Waals surface area contributed by atoms with Gasteiger partial charge in [0.2, 0.25) is 0 Å². The molecular weight excluding hydrogens is 1590 g/mol. The molecule has 0 amide bonds. The van der Waals surface area contributed by atoms with E-state index in [1.54, 1.807) is 0 Å². The van der Waals surface area contributed by atoms with E-state index in [1.165, 1.54) is 27.3 Å². The Morgan fingerprint density at radius 1 is 0.183 bits per heavy atom. The predicted octanol–water partition coefficient (Wildman–Crippen LogP) is 25.9. The van der Waals surface area contributed by atoms with Crippen LogP contribution in [0.5, 0.6) is 11.5 Å². The lowest BCUT2D eigenvalue weighted by atomic mass is 9.29. The van der Waals surface area contributed by atoms with Gasteiger partial charge in [0.05, 0.1) is 28.4 Å². The summed E-state index contributed by atoms with van der Waals surface area (Å²) in [6.07, 6.45) is 0. The fourth-order valence-corrected chi connectivity index (χ4v) is 22.0. The van der Waals surface area contributed by atoms with Gasteiger partial charge in [-0.25, -0.2) is 0 Å². The van der Waals surface area contributed by atoms with Crippen molar-refractivity contribution in [2.75, 3.05) is 34.3 Å². The van der Waals surface area contributed by atoms with E-state index in [4.69, 9.17) is 4.74 Å². The second-order valence-corrected chi connectivity index (χ2v) is 34.5. The van der Waals surface area contributed by atoms with Gasteiger partial charge in [-0.15, -0.1) is 0 Å². The van der Waals surface area contributed by atoms with E-state index in [9.17, 15) is 0 Å². The molecule has 6 aliphatic rings. The largest absolute Gasteiger partial charge is 0.459 e. The van der Waals surface area contributed by atoms with Crippen LogP contribution in [0, 0.1) is 0 Å². The van der Waals surface area contributed by atoms with Crippen molar-refractivity contribution in [3.8, 4) is 56.0 Å². The number of para-hydroxylation sites is 12. The topological polar surface area (TPSA) is 31.9 Å². The molecule has 0 saturated heterocycles. The Morgan fingerprint density at radius 2 is 0.504 bits per heavy atom. The van der Waals surface area contributed by atoms with Crippen LogP contribution in [0.3, 0.4) is 0 Å². The van der Waals surface area contributed by atoms with Crippen LogP contribution in [0.25, 0.3) is 44.5 Å². The molecule has 0 atom stereocenters. The molecule has 11 heteroatoms. The smallest absolute Gasteiger partial charge is 0.256 e. The molecule has 20 aromatic rings. The van der Waals surface area contributed by atoms with Gasteiger partial charge < -0.3 is 39.0 Å². The van der Waals surface area contributed by atoms with Gasteiger partial charge in [0.1, 0.15) is 11.5 Å². The third-order valence-electron chi connectivity index (χ3n) is 27.3. The van der Waals surface area contributed by atoms with Crippen molar-refractivity contribution in [3.63, 3.8) is 0 Å². The Balaban J connectivity index is 0.796. The lowest BCUT2D eigenvalue weighted by molar-refractivity contribution is 0.491. The van der Waals surface area contributed by atoms with Gasteiger partial charge in [-0.05, 0) is 211 Å². The van der Waals surface area contributed by atoms with Crippen LogP contribution in [0.15, 0.2) is 485 Å². The molecule has 26 rings (SSSR count). The average Bonchev–Trinajstić information content (AvgIpc) is 0.669. The summed E-state index contributed by atoms with van der Waals surface area (Å²) in [4.78, 5) is 17.9. The first-order valence-corrected chi connectivity index (χ1v) is 45.2. The number of nitrogens with zero attached hydrogens (tertiary/aromatic N) is 7. The van der Waals surface area contributed by atoms with Gasteiger partial charge in [-0.2, -0.15) is 0 Å². The van der Waals surface area contributed by atoms with Crippen molar-refractivity contribution >= 4 is 189 Å². The fraction of sp³-hybridized carbons (Fsp3) is 0. The van der Waals surface area contributed by atoms with Crippen LogP contribution in [0.1, 0.15) is 0 Å².